The number of benzene rings is 5. The van der Waals surface area contributed by atoms with Gasteiger partial charge in [0.25, 0.3) is 0 Å². The van der Waals surface area contributed by atoms with Crippen molar-refractivity contribution in [1.82, 2.24) is 4.98 Å². The molecule has 0 amide bonds. The predicted octanol–water partition coefficient (Wildman–Crippen LogP) is 13.2. The number of aromatic amines is 1. The van der Waals surface area contributed by atoms with E-state index < -0.39 is 0 Å². The van der Waals surface area contributed by atoms with E-state index in [1.807, 2.05) is 6.20 Å². The van der Waals surface area contributed by atoms with Crippen LogP contribution in [0, 0.1) is 11.8 Å². The third-order valence-electron chi connectivity index (χ3n) is 10.7. The van der Waals surface area contributed by atoms with Crippen LogP contribution < -0.4 is 0 Å². The highest BCUT2D eigenvalue weighted by Crippen LogP contribution is 2.47. The Balaban J connectivity index is 1.34. The normalized spacial score (nSPS) is 17.1. The van der Waals surface area contributed by atoms with Crippen LogP contribution in [0.3, 0.4) is 0 Å². The lowest BCUT2D eigenvalue weighted by Gasteiger charge is -2.26. The molecule has 47 heavy (non-hydrogen) atoms. The molecule has 6 aromatic rings. The van der Waals surface area contributed by atoms with E-state index >= 15 is 0 Å². The van der Waals surface area contributed by atoms with Crippen LogP contribution in [-0.2, 0) is 0 Å². The Morgan fingerprint density at radius 2 is 1.34 bits per heavy atom. The van der Waals surface area contributed by atoms with E-state index in [0.29, 0.717) is 5.92 Å². The number of fused-ring (bicyclic) bond motifs is 3. The van der Waals surface area contributed by atoms with Crippen molar-refractivity contribution in [3.8, 4) is 11.1 Å². The van der Waals surface area contributed by atoms with Gasteiger partial charge >= 0.3 is 0 Å². The van der Waals surface area contributed by atoms with Crippen LogP contribution in [0.1, 0.15) is 69.1 Å². The number of aromatic nitrogens is 1. The van der Waals surface area contributed by atoms with Crippen molar-refractivity contribution < 1.29 is 0 Å². The van der Waals surface area contributed by atoms with Gasteiger partial charge in [-0.1, -0.05) is 148 Å². The van der Waals surface area contributed by atoms with Crippen LogP contribution in [0.25, 0.3) is 60.2 Å². The van der Waals surface area contributed by atoms with Gasteiger partial charge < -0.3 is 4.98 Å². The minimum atomic E-state index is 0.636. The Morgan fingerprint density at radius 3 is 1.94 bits per heavy atom. The molecule has 2 atom stereocenters. The monoisotopic (exact) mass is 609 g/mol. The fourth-order valence-corrected chi connectivity index (χ4v) is 8.47. The number of rotatable bonds is 8. The smallest absolute Gasteiger partial charge is 0.00811 e. The second kappa shape index (κ2) is 12.7. The van der Waals surface area contributed by atoms with Crippen LogP contribution in [-0.4, -0.2) is 4.98 Å². The van der Waals surface area contributed by atoms with Crippen molar-refractivity contribution in [1.29, 1.82) is 0 Å². The van der Waals surface area contributed by atoms with Gasteiger partial charge in [-0.3, -0.25) is 0 Å². The zero-order chi connectivity index (χ0) is 31.7. The van der Waals surface area contributed by atoms with Crippen molar-refractivity contribution in [2.75, 3.05) is 0 Å². The molecule has 1 heterocycles. The summed E-state index contributed by atoms with van der Waals surface area (Å²) >= 11 is 0. The lowest BCUT2D eigenvalue weighted by Crippen LogP contribution is -2.13. The molecule has 2 unspecified atom stereocenters. The van der Waals surface area contributed by atoms with E-state index in [1.54, 1.807) is 0 Å². The van der Waals surface area contributed by atoms with E-state index in [9.17, 15) is 0 Å². The highest BCUT2D eigenvalue weighted by atomic mass is 14.6. The highest BCUT2D eigenvalue weighted by molar-refractivity contribution is 6.22. The third kappa shape index (κ3) is 5.19. The Bertz CT molecular complexity index is 2160. The second-order valence-corrected chi connectivity index (χ2v) is 13.4. The zero-order valence-electron chi connectivity index (χ0n) is 27.6. The zero-order valence-corrected chi connectivity index (χ0v) is 27.6. The first-order chi connectivity index (χ1) is 23.3. The molecule has 0 radical (unpaired) electrons. The summed E-state index contributed by atoms with van der Waals surface area (Å²) in [6, 6.07) is 34.2. The first kappa shape index (κ1) is 29.5. The van der Waals surface area contributed by atoms with E-state index in [4.69, 9.17) is 0 Å². The minimum absolute atomic E-state index is 0.636. The standard InChI is InChI=1S/C46H43N/c1-3-13-31(4-2)32-22-24-33(25-23-32)45-40-18-9-11-20-42(40)46(43-21-12-10-19-41(43)45)44-27-26-39(37-16-7-8-17-38(37)44)36-15-6-5-14-35(36)34-28-29-47-30-34/h6-12,15-22,24-32,47H,3-5,13-14,23H2,1-2H3. The van der Waals surface area contributed by atoms with Crippen molar-refractivity contribution in [3.63, 3.8) is 0 Å². The Kier molecular flexibility index (Phi) is 7.99. The summed E-state index contributed by atoms with van der Waals surface area (Å²) in [6.45, 7) is 4.67. The maximum absolute atomic E-state index is 3.28. The predicted molar refractivity (Wildman–Crippen MR) is 204 cm³/mol. The molecular formula is C46H43N. The summed E-state index contributed by atoms with van der Waals surface area (Å²) < 4.78 is 0. The molecule has 0 aliphatic heterocycles. The Hall–Kier alpha value is -4.88. The van der Waals surface area contributed by atoms with Crippen molar-refractivity contribution >= 4 is 49.0 Å². The van der Waals surface area contributed by atoms with Crippen LogP contribution in [0.5, 0.6) is 0 Å². The summed E-state index contributed by atoms with van der Waals surface area (Å²) in [5.74, 6) is 1.40. The van der Waals surface area contributed by atoms with Gasteiger partial charge in [-0.15, -0.1) is 0 Å². The lowest BCUT2D eigenvalue weighted by molar-refractivity contribution is 0.355. The molecule has 8 rings (SSSR count). The summed E-state index contributed by atoms with van der Waals surface area (Å²) in [4.78, 5) is 3.28. The molecule has 0 fully saturated rings. The average molecular weight is 610 g/mol. The SMILES string of the molecule is CCCC(CC)C1C=CC(c2c3ccccc3c(-c3ccc(C4=C(c5cc[nH]c5)CCC=C4)c4ccccc34)c3ccccc23)=CC1. The van der Waals surface area contributed by atoms with Gasteiger partial charge in [-0.25, -0.2) is 0 Å². The van der Waals surface area contributed by atoms with Gasteiger partial charge in [-0.05, 0) is 114 Å². The first-order valence-electron chi connectivity index (χ1n) is 17.6. The second-order valence-electron chi connectivity index (χ2n) is 13.4. The minimum Gasteiger partial charge on any atom is -0.367 e. The average Bonchev–Trinajstić information content (AvgIpc) is 3.68. The maximum Gasteiger partial charge on any atom is 0.00811 e. The van der Waals surface area contributed by atoms with Gasteiger partial charge in [0.2, 0.25) is 0 Å². The number of allylic oxidation sites excluding steroid dienone is 8. The van der Waals surface area contributed by atoms with Crippen molar-refractivity contribution in [3.05, 3.63) is 150 Å². The molecule has 0 bridgehead atoms. The van der Waals surface area contributed by atoms with E-state index in [-0.39, 0.29) is 0 Å². The molecule has 1 N–H and O–H groups in total. The van der Waals surface area contributed by atoms with Crippen LogP contribution >= 0.6 is 0 Å². The summed E-state index contributed by atoms with van der Waals surface area (Å²) in [6.07, 6.45) is 23.4. The molecule has 5 aromatic carbocycles. The van der Waals surface area contributed by atoms with Crippen LogP contribution in [0.2, 0.25) is 0 Å². The van der Waals surface area contributed by atoms with Crippen molar-refractivity contribution in [2.24, 2.45) is 11.8 Å². The van der Waals surface area contributed by atoms with Crippen LogP contribution in [0.15, 0.2) is 134 Å². The molecule has 232 valence electrons. The Morgan fingerprint density at radius 1 is 0.702 bits per heavy atom. The maximum atomic E-state index is 3.28. The fourth-order valence-electron chi connectivity index (χ4n) is 8.47. The number of nitrogens with one attached hydrogen (secondary N) is 1. The van der Waals surface area contributed by atoms with Gasteiger partial charge in [-0.2, -0.15) is 0 Å². The number of H-pyrrole nitrogens is 1. The molecule has 1 aromatic heterocycles. The highest BCUT2D eigenvalue weighted by Gasteiger charge is 2.23. The van der Waals surface area contributed by atoms with Gasteiger partial charge in [0, 0.05) is 12.4 Å². The molecule has 2 aliphatic rings. The molecule has 0 saturated carbocycles. The van der Waals surface area contributed by atoms with E-state index in [2.05, 4.69) is 146 Å². The number of hydrogen-bond donors (Lipinski definition) is 1. The van der Waals surface area contributed by atoms with Gasteiger partial charge in [0.1, 0.15) is 0 Å². The fraction of sp³-hybridized carbons (Fsp3) is 0.217. The topological polar surface area (TPSA) is 15.8 Å². The molecule has 1 nitrogen and oxygen atoms in total. The molecule has 1 heteroatoms. The molecule has 0 spiro atoms. The first-order valence-corrected chi connectivity index (χ1v) is 17.6. The van der Waals surface area contributed by atoms with Gasteiger partial charge in [0.15, 0.2) is 0 Å². The van der Waals surface area contributed by atoms with E-state index in [0.717, 1.165) is 25.2 Å². The Labute approximate surface area is 279 Å². The summed E-state index contributed by atoms with van der Waals surface area (Å²) in [5.41, 5.74) is 10.7. The molecule has 2 aliphatic carbocycles. The van der Waals surface area contributed by atoms with Crippen molar-refractivity contribution in [2.45, 2.75) is 52.4 Å². The third-order valence-corrected chi connectivity index (χ3v) is 10.7. The van der Waals surface area contributed by atoms with E-state index in [1.165, 1.54) is 96.1 Å². The molecule has 0 saturated heterocycles. The van der Waals surface area contributed by atoms with Gasteiger partial charge in [0.05, 0.1) is 0 Å². The summed E-state index contributed by atoms with van der Waals surface area (Å²) in [7, 11) is 0. The molecular weight excluding hydrogens is 567 g/mol. The quantitative estimate of drug-likeness (QED) is 0.165. The van der Waals surface area contributed by atoms with Crippen LogP contribution in [0.4, 0.5) is 0 Å². The summed E-state index contributed by atoms with van der Waals surface area (Å²) in [5, 5.41) is 7.90. The largest absolute Gasteiger partial charge is 0.367 e. The lowest BCUT2D eigenvalue weighted by atomic mass is 9.78. The number of hydrogen-bond acceptors (Lipinski definition) is 0.